The zero-order valence-electron chi connectivity index (χ0n) is 24.3. The topological polar surface area (TPSA) is 59.0 Å². The van der Waals surface area contributed by atoms with Crippen molar-refractivity contribution < 1.29 is 23.8 Å². The van der Waals surface area contributed by atoms with Gasteiger partial charge in [0.2, 0.25) is 0 Å². The lowest BCUT2D eigenvalue weighted by molar-refractivity contribution is -0.141. The van der Waals surface area contributed by atoms with Crippen LogP contribution >= 0.6 is 0 Å². The molecule has 0 radical (unpaired) electrons. The van der Waals surface area contributed by atoms with Crippen molar-refractivity contribution in [3.63, 3.8) is 0 Å². The second-order valence-electron chi connectivity index (χ2n) is 12.5. The molecule has 2 aromatic carbocycles. The third kappa shape index (κ3) is 6.22. The van der Waals surface area contributed by atoms with Crippen molar-refractivity contribution in [2.75, 3.05) is 26.3 Å². The lowest BCUT2D eigenvalue weighted by Crippen LogP contribution is -2.57. The maximum Gasteiger partial charge on any atom is 0.306 e. The van der Waals surface area contributed by atoms with E-state index in [0.717, 1.165) is 91.8 Å². The van der Waals surface area contributed by atoms with Gasteiger partial charge in [0.25, 0.3) is 0 Å². The Labute approximate surface area is 238 Å². The Hall–Kier alpha value is -2.86. The molecule has 5 rings (SSSR count). The molecular formula is C34H44FNO4. The van der Waals surface area contributed by atoms with Crippen molar-refractivity contribution in [1.29, 1.82) is 0 Å². The number of benzene rings is 2. The van der Waals surface area contributed by atoms with E-state index in [2.05, 4.69) is 30.5 Å². The van der Waals surface area contributed by atoms with E-state index in [0.29, 0.717) is 19.1 Å². The third-order valence-corrected chi connectivity index (χ3v) is 9.31. The number of carbonyl (C=O) groups is 1. The third-order valence-electron chi connectivity index (χ3n) is 9.31. The molecule has 0 aromatic heterocycles. The van der Waals surface area contributed by atoms with Gasteiger partial charge >= 0.3 is 5.97 Å². The second kappa shape index (κ2) is 11.9. The monoisotopic (exact) mass is 549 g/mol. The smallest absolute Gasteiger partial charge is 0.306 e. The minimum Gasteiger partial charge on any atom is -0.493 e. The average Bonchev–Trinajstić information content (AvgIpc) is 3.43. The van der Waals surface area contributed by atoms with Crippen LogP contribution in [0.5, 0.6) is 11.5 Å². The Morgan fingerprint density at radius 1 is 1.07 bits per heavy atom. The molecule has 1 heterocycles. The van der Waals surface area contributed by atoms with Gasteiger partial charge in [-0.1, -0.05) is 31.2 Å². The van der Waals surface area contributed by atoms with Gasteiger partial charge in [0.05, 0.1) is 24.7 Å². The fraction of sp³-hybridized carbons (Fsp3) is 0.559. The molecular weight excluding hydrogens is 505 g/mol. The SMILES string of the molecule is C=C(CC1CCC(C(=O)O)C1)CC1(C2CC2C)CN(Cc2cc(OCC)c(-c3ccc(F)cc3)c(OCC)c2)C1. The van der Waals surface area contributed by atoms with Crippen molar-refractivity contribution in [2.24, 2.45) is 29.1 Å². The predicted octanol–water partition coefficient (Wildman–Crippen LogP) is 7.59. The van der Waals surface area contributed by atoms with Gasteiger partial charge < -0.3 is 14.6 Å². The first-order chi connectivity index (χ1) is 19.2. The summed E-state index contributed by atoms with van der Waals surface area (Å²) in [4.78, 5) is 13.9. The van der Waals surface area contributed by atoms with Crippen LogP contribution < -0.4 is 9.47 Å². The molecule has 4 unspecified atom stereocenters. The van der Waals surface area contributed by atoms with Gasteiger partial charge in [0.15, 0.2) is 0 Å². The number of rotatable bonds is 13. The molecule has 2 saturated carbocycles. The Morgan fingerprint density at radius 2 is 1.70 bits per heavy atom. The van der Waals surface area contributed by atoms with Gasteiger partial charge in [-0.2, -0.15) is 0 Å². The van der Waals surface area contributed by atoms with E-state index in [1.165, 1.54) is 24.1 Å². The average molecular weight is 550 g/mol. The van der Waals surface area contributed by atoms with Crippen molar-refractivity contribution in [3.8, 4) is 22.6 Å². The number of ether oxygens (including phenoxy) is 2. The highest BCUT2D eigenvalue weighted by Crippen LogP contribution is 2.58. The molecule has 0 bridgehead atoms. The number of halogens is 1. The fourth-order valence-electron chi connectivity index (χ4n) is 7.51. The van der Waals surface area contributed by atoms with Crippen LogP contribution in [-0.4, -0.2) is 42.3 Å². The van der Waals surface area contributed by atoms with Crippen molar-refractivity contribution >= 4 is 5.97 Å². The van der Waals surface area contributed by atoms with E-state index in [9.17, 15) is 14.3 Å². The van der Waals surface area contributed by atoms with Gasteiger partial charge in [-0.3, -0.25) is 9.69 Å². The highest BCUT2D eigenvalue weighted by molar-refractivity contribution is 5.77. The molecule has 0 amide bonds. The van der Waals surface area contributed by atoms with Crippen LogP contribution in [0.15, 0.2) is 48.6 Å². The molecule has 4 atom stereocenters. The first-order valence-electron chi connectivity index (χ1n) is 15.0. The van der Waals surface area contributed by atoms with E-state index >= 15 is 0 Å². The molecule has 3 fully saturated rings. The van der Waals surface area contributed by atoms with E-state index in [-0.39, 0.29) is 17.2 Å². The summed E-state index contributed by atoms with van der Waals surface area (Å²) < 4.78 is 25.8. The lowest BCUT2D eigenvalue weighted by Gasteiger charge is -2.52. The summed E-state index contributed by atoms with van der Waals surface area (Å²) in [5, 5.41) is 9.38. The van der Waals surface area contributed by atoms with Crippen molar-refractivity contribution in [2.45, 2.75) is 65.8 Å². The van der Waals surface area contributed by atoms with Crippen molar-refractivity contribution in [3.05, 3.63) is 59.9 Å². The van der Waals surface area contributed by atoms with E-state index in [1.807, 2.05) is 13.8 Å². The van der Waals surface area contributed by atoms with Crippen LogP contribution in [0.3, 0.4) is 0 Å². The van der Waals surface area contributed by atoms with Gasteiger partial charge in [0.1, 0.15) is 17.3 Å². The minimum atomic E-state index is -0.642. The largest absolute Gasteiger partial charge is 0.493 e. The number of nitrogens with zero attached hydrogens (tertiary/aromatic N) is 1. The standard InChI is InChI=1S/C34H44FNO4/c1-5-39-30-16-25(17-31(40-6-2)32(30)26-9-11-28(35)12-10-26)19-36-20-34(21-36,29-14-23(29)4)18-22(3)13-24-7-8-27(15-24)33(37)38/h9-12,16-17,23-24,27,29H,3,5-8,13-15,18-21H2,1-2,4H3,(H,37,38). The minimum absolute atomic E-state index is 0.174. The lowest BCUT2D eigenvalue weighted by atomic mass is 9.69. The van der Waals surface area contributed by atoms with E-state index in [1.54, 1.807) is 12.1 Å². The maximum absolute atomic E-state index is 13.6. The first kappa shape index (κ1) is 28.7. The van der Waals surface area contributed by atoms with Crippen LogP contribution in [0, 0.1) is 34.9 Å². The number of carboxylic acids is 1. The van der Waals surface area contributed by atoms with Crippen LogP contribution in [-0.2, 0) is 11.3 Å². The molecule has 216 valence electrons. The Bertz CT molecular complexity index is 1190. The van der Waals surface area contributed by atoms with Gasteiger partial charge in [-0.05, 0) is 106 Å². The van der Waals surface area contributed by atoms with Crippen LogP contribution in [0.1, 0.15) is 64.9 Å². The molecule has 40 heavy (non-hydrogen) atoms. The number of likely N-dealkylation sites (tertiary alicyclic amines) is 1. The summed E-state index contributed by atoms with van der Waals surface area (Å²) >= 11 is 0. The van der Waals surface area contributed by atoms with Gasteiger partial charge in [0, 0.05) is 25.0 Å². The molecule has 2 aliphatic carbocycles. The van der Waals surface area contributed by atoms with E-state index in [4.69, 9.17) is 9.47 Å². The number of carboxylic acid groups (broad SMARTS) is 1. The van der Waals surface area contributed by atoms with Crippen molar-refractivity contribution in [1.82, 2.24) is 4.90 Å². The zero-order chi connectivity index (χ0) is 28.4. The number of hydrogen-bond acceptors (Lipinski definition) is 4. The summed E-state index contributed by atoms with van der Waals surface area (Å²) in [5.41, 5.74) is 4.47. The number of allylic oxidation sites excluding steroid dienone is 1. The molecule has 6 heteroatoms. The Morgan fingerprint density at radius 3 is 2.23 bits per heavy atom. The molecule has 1 saturated heterocycles. The number of aliphatic carboxylic acids is 1. The molecule has 0 spiro atoms. The Kier molecular flexibility index (Phi) is 8.55. The zero-order valence-corrected chi connectivity index (χ0v) is 24.3. The Balaban J connectivity index is 1.28. The predicted molar refractivity (Wildman–Crippen MR) is 156 cm³/mol. The number of hydrogen-bond donors (Lipinski definition) is 1. The normalized spacial score (nSPS) is 25.3. The molecule has 3 aliphatic rings. The molecule has 2 aromatic rings. The van der Waals surface area contributed by atoms with Gasteiger partial charge in [-0.15, -0.1) is 0 Å². The summed E-state index contributed by atoms with van der Waals surface area (Å²) in [6.07, 6.45) is 5.91. The molecule has 1 aliphatic heterocycles. The van der Waals surface area contributed by atoms with Crippen LogP contribution in [0.2, 0.25) is 0 Å². The summed E-state index contributed by atoms with van der Waals surface area (Å²) in [7, 11) is 0. The summed E-state index contributed by atoms with van der Waals surface area (Å²) in [5.74, 6) is 2.43. The van der Waals surface area contributed by atoms with Gasteiger partial charge in [-0.25, -0.2) is 4.39 Å². The maximum atomic E-state index is 13.6. The summed E-state index contributed by atoms with van der Waals surface area (Å²) in [6, 6.07) is 10.7. The first-order valence-corrected chi connectivity index (χ1v) is 15.0. The quantitative estimate of drug-likeness (QED) is 0.261. The molecule has 5 nitrogen and oxygen atoms in total. The molecule has 1 N–H and O–H groups in total. The summed E-state index contributed by atoms with van der Waals surface area (Å²) in [6.45, 7) is 14.8. The van der Waals surface area contributed by atoms with E-state index < -0.39 is 5.97 Å². The second-order valence-corrected chi connectivity index (χ2v) is 12.5. The highest BCUT2D eigenvalue weighted by Gasteiger charge is 2.56. The van der Waals surface area contributed by atoms with Crippen LogP contribution in [0.25, 0.3) is 11.1 Å². The fourth-order valence-corrected chi connectivity index (χ4v) is 7.51. The van der Waals surface area contributed by atoms with Crippen LogP contribution in [0.4, 0.5) is 4.39 Å². The highest BCUT2D eigenvalue weighted by atomic mass is 19.1.